The van der Waals surface area contributed by atoms with Crippen molar-refractivity contribution in [1.29, 1.82) is 0 Å². The Balaban J connectivity index is 0. The van der Waals surface area contributed by atoms with Crippen LogP contribution in [0.4, 0.5) is 4.39 Å². The second-order valence-electron chi connectivity index (χ2n) is 5.26. The quantitative estimate of drug-likeness (QED) is 0.369. The van der Waals surface area contributed by atoms with E-state index in [9.17, 15) is 9.18 Å². The van der Waals surface area contributed by atoms with Gasteiger partial charge in [0.2, 0.25) is 6.41 Å². The number of ether oxygens (including phenoxy) is 3. The maximum Gasteiger partial charge on any atom is 0.207 e. The highest BCUT2D eigenvalue weighted by molar-refractivity contribution is 5.45. The summed E-state index contributed by atoms with van der Waals surface area (Å²) in [5, 5.41) is 5.21. The van der Waals surface area contributed by atoms with E-state index in [2.05, 4.69) is 31.4 Å². The molecule has 0 aliphatic rings. The molecule has 2 N–H and O–H groups in total. The van der Waals surface area contributed by atoms with Gasteiger partial charge in [-0.1, -0.05) is 20.8 Å². The fourth-order valence-electron chi connectivity index (χ4n) is 1.06. The van der Waals surface area contributed by atoms with Gasteiger partial charge in [-0.05, 0) is 13.0 Å². The van der Waals surface area contributed by atoms with Gasteiger partial charge in [-0.15, -0.1) is 0 Å². The van der Waals surface area contributed by atoms with Gasteiger partial charge in [-0.2, -0.15) is 0 Å². The van der Waals surface area contributed by atoms with E-state index in [1.807, 2.05) is 7.05 Å². The summed E-state index contributed by atoms with van der Waals surface area (Å²) in [6, 6.07) is 0. The molecule has 0 fully saturated rings. The highest BCUT2D eigenvalue weighted by Crippen LogP contribution is 1.90. The Morgan fingerprint density at radius 2 is 1.50 bits per heavy atom. The van der Waals surface area contributed by atoms with E-state index in [1.54, 1.807) is 0 Å². The number of likely N-dealkylation sites (N-methyl/N-ethyl adjacent to an activating group) is 1. The van der Waals surface area contributed by atoms with Crippen molar-refractivity contribution in [3.8, 4) is 0 Å². The minimum atomic E-state index is -1.18. The second-order valence-corrected chi connectivity index (χ2v) is 5.26. The third-order valence-electron chi connectivity index (χ3n) is 1.96. The topological polar surface area (TPSA) is 68.8 Å². The Bertz CT molecular complexity index is 219. The van der Waals surface area contributed by atoms with Gasteiger partial charge < -0.3 is 24.8 Å². The first-order chi connectivity index (χ1) is 10.5. The zero-order valence-electron chi connectivity index (χ0n) is 14.4. The van der Waals surface area contributed by atoms with Crippen LogP contribution in [-0.2, 0) is 19.0 Å². The first kappa shape index (κ1) is 23.5. The smallest absolute Gasteiger partial charge is 0.207 e. The molecular formula is C15H33FN2O4. The van der Waals surface area contributed by atoms with E-state index in [0.717, 1.165) is 12.5 Å². The van der Waals surface area contributed by atoms with Crippen molar-refractivity contribution in [2.45, 2.75) is 26.9 Å². The third kappa shape index (κ3) is 27.6. The molecular weight excluding hydrogens is 291 g/mol. The van der Waals surface area contributed by atoms with E-state index < -0.39 is 6.17 Å². The SMILES string of the molecule is CC(C)C.CNCCOCCOCCOCC(F)CNC=O. The molecule has 0 heterocycles. The van der Waals surface area contributed by atoms with Gasteiger partial charge in [-0.3, -0.25) is 4.79 Å². The van der Waals surface area contributed by atoms with Crippen LogP contribution in [0.3, 0.4) is 0 Å². The standard InChI is InChI=1S/C11H23FN2O4.C4H10/c1-13-2-3-16-4-5-17-6-7-18-9-11(12)8-14-10-15;1-4(2)3/h10-11,13H,2-9H2,1H3,(H,14,15);4H,1-3H3. The number of amides is 1. The molecule has 0 rings (SSSR count). The predicted molar refractivity (Wildman–Crippen MR) is 85.9 cm³/mol. The average Bonchev–Trinajstić information content (AvgIpc) is 2.46. The second kappa shape index (κ2) is 20.2. The Morgan fingerprint density at radius 3 is 2.00 bits per heavy atom. The summed E-state index contributed by atoms with van der Waals surface area (Å²) in [4.78, 5) is 9.90. The van der Waals surface area contributed by atoms with Gasteiger partial charge in [0.25, 0.3) is 0 Å². The summed E-state index contributed by atoms with van der Waals surface area (Å²) in [5.74, 6) is 0.833. The number of alkyl halides is 1. The van der Waals surface area contributed by atoms with Crippen LogP contribution in [0.25, 0.3) is 0 Å². The minimum Gasteiger partial charge on any atom is -0.378 e. The minimum absolute atomic E-state index is 0.0241. The van der Waals surface area contributed by atoms with Gasteiger partial charge in [0, 0.05) is 6.54 Å². The molecule has 134 valence electrons. The number of halogens is 1. The summed E-state index contributed by atoms with van der Waals surface area (Å²) >= 11 is 0. The molecule has 0 aromatic carbocycles. The van der Waals surface area contributed by atoms with Crippen LogP contribution >= 0.6 is 0 Å². The molecule has 0 aliphatic carbocycles. The monoisotopic (exact) mass is 324 g/mol. The molecule has 1 unspecified atom stereocenters. The predicted octanol–water partition coefficient (Wildman–Crippen LogP) is 1.00. The van der Waals surface area contributed by atoms with Crippen LogP contribution in [0.15, 0.2) is 0 Å². The van der Waals surface area contributed by atoms with Crippen molar-refractivity contribution in [2.75, 3.05) is 59.8 Å². The van der Waals surface area contributed by atoms with Gasteiger partial charge in [0.15, 0.2) is 0 Å². The Labute approximate surface area is 134 Å². The van der Waals surface area contributed by atoms with Crippen LogP contribution in [-0.4, -0.2) is 72.4 Å². The zero-order valence-corrected chi connectivity index (χ0v) is 14.4. The van der Waals surface area contributed by atoms with Crippen LogP contribution in [0.2, 0.25) is 0 Å². The molecule has 1 atom stereocenters. The number of hydrogen-bond donors (Lipinski definition) is 2. The van der Waals surface area contributed by atoms with E-state index in [1.165, 1.54) is 0 Å². The summed E-state index contributed by atoms with van der Waals surface area (Å²) in [6.07, 6.45) is -0.718. The van der Waals surface area contributed by atoms with Crippen LogP contribution < -0.4 is 10.6 Å². The van der Waals surface area contributed by atoms with Crippen LogP contribution in [0.5, 0.6) is 0 Å². The Hall–Kier alpha value is -0.760. The van der Waals surface area contributed by atoms with Crippen molar-refractivity contribution >= 4 is 6.41 Å². The van der Waals surface area contributed by atoms with Gasteiger partial charge in [0.1, 0.15) is 6.17 Å². The molecule has 0 aromatic heterocycles. The number of nitrogens with one attached hydrogen (secondary N) is 2. The largest absolute Gasteiger partial charge is 0.378 e. The lowest BCUT2D eigenvalue weighted by Gasteiger charge is -2.09. The molecule has 0 saturated carbocycles. The highest BCUT2D eigenvalue weighted by atomic mass is 19.1. The lowest BCUT2D eigenvalue weighted by atomic mass is 10.3. The summed E-state index contributed by atoms with van der Waals surface area (Å²) in [7, 11) is 1.86. The first-order valence-electron chi connectivity index (χ1n) is 7.73. The number of hydrogen-bond acceptors (Lipinski definition) is 5. The summed E-state index contributed by atoms with van der Waals surface area (Å²) < 4.78 is 28.4. The van der Waals surface area contributed by atoms with Crippen molar-refractivity contribution in [2.24, 2.45) is 5.92 Å². The number of carbonyl (C=O) groups excluding carboxylic acids is 1. The van der Waals surface area contributed by atoms with E-state index in [-0.39, 0.29) is 13.2 Å². The summed E-state index contributed by atoms with van der Waals surface area (Å²) in [6.45, 7) is 9.68. The normalized spacial score (nSPS) is 11.7. The van der Waals surface area contributed by atoms with Gasteiger partial charge >= 0.3 is 0 Å². The lowest BCUT2D eigenvalue weighted by molar-refractivity contribution is -0.109. The van der Waals surface area contributed by atoms with E-state index in [4.69, 9.17) is 14.2 Å². The molecule has 0 radical (unpaired) electrons. The molecule has 0 aromatic rings. The van der Waals surface area contributed by atoms with Crippen LogP contribution in [0.1, 0.15) is 20.8 Å². The number of rotatable bonds is 14. The van der Waals surface area contributed by atoms with Crippen molar-refractivity contribution < 1.29 is 23.4 Å². The molecule has 0 bridgehead atoms. The maximum absolute atomic E-state index is 12.9. The van der Waals surface area contributed by atoms with Gasteiger partial charge in [-0.25, -0.2) is 4.39 Å². The molecule has 7 heteroatoms. The van der Waals surface area contributed by atoms with Crippen molar-refractivity contribution in [3.63, 3.8) is 0 Å². The number of carbonyl (C=O) groups is 1. The fourth-order valence-corrected chi connectivity index (χ4v) is 1.06. The molecule has 0 saturated heterocycles. The van der Waals surface area contributed by atoms with Crippen molar-refractivity contribution in [1.82, 2.24) is 10.6 Å². The zero-order chi connectivity index (χ0) is 17.1. The van der Waals surface area contributed by atoms with Gasteiger partial charge in [0.05, 0.1) is 46.2 Å². The summed E-state index contributed by atoms with van der Waals surface area (Å²) in [5.41, 5.74) is 0. The lowest BCUT2D eigenvalue weighted by Crippen LogP contribution is -2.26. The molecule has 6 nitrogen and oxygen atoms in total. The van der Waals surface area contributed by atoms with E-state index >= 15 is 0 Å². The van der Waals surface area contributed by atoms with Crippen molar-refractivity contribution in [3.05, 3.63) is 0 Å². The highest BCUT2D eigenvalue weighted by Gasteiger charge is 2.04. The average molecular weight is 324 g/mol. The molecule has 0 spiro atoms. The Kier molecular flexibility index (Phi) is 21.6. The third-order valence-corrected chi connectivity index (χ3v) is 1.96. The first-order valence-corrected chi connectivity index (χ1v) is 7.73. The fraction of sp³-hybridized carbons (Fsp3) is 0.933. The molecule has 1 amide bonds. The Morgan fingerprint density at radius 1 is 1.00 bits per heavy atom. The maximum atomic E-state index is 12.9. The molecule has 0 aliphatic heterocycles. The van der Waals surface area contributed by atoms with Crippen LogP contribution in [0, 0.1) is 5.92 Å². The molecule has 22 heavy (non-hydrogen) atoms. The van der Waals surface area contributed by atoms with E-state index in [0.29, 0.717) is 39.4 Å².